The smallest absolute Gasteiger partial charge is 0.790 e. The molecule has 0 atom stereocenters. The van der Waals surface area contributed by atoms with Crippen molar-refractivity contribution in [2.45, 2.75) is 79.1 Å². The molecule has 10 heteroatoms. The molecule has 0 bridgehead atoms. The zero-order valence-electron chi connectivity index (χ0n) is 19.7. The van der Waals surface area contributed by atoms with Gasteiger partial charge in [0.2, 0.25) is 0 Å². The van der Waals surface area contributed by atoms with E-state index in [1.54, 1.807) is 24.6 Å². The van der Waals surface area contributed by atoms with E-state index in [1.807, 2.05) is 0 Å². The summed E-state index contributed by atoms with van der Waals surface area (Å²) in [4.78, 5) is 37.3. The van der Waals surface area contributed by atoms with Gasteiger partial charge in [-0.3, -0.25) is 0 Å². The van der Waals surface area contributed by atoms with Crippen molar-refractivity contribution in [3.05, 3.63) is 0 Å². The van der Waals surface area contributed by atoms with Gasteiger partial charge in [-0.1, -0.05) is 53.4 Å². The third kappa shape index (κ3) is 19.5. The number of unbranched alkanes of at least 4 members (excludes halogenated alkanes) is 4. The van der Waals surface area contributed by atoms with E-state index in [0.717, 1.165) is 0 Å². The molecule has 0 N–H and O–H groups in total. The van der Waals surface area contributed by atoms with Crippen molar-refractivity contribution in [2.75, 3.05) is 24.6 Å². The molecule has 0 aliphatic rings. The first-order valence-electron chi connectivity index (χ1n) is 9.55. The van der Waals surface area contributed by atoms with Crippen LogP contribution >= 0.6 is 22.9 Å². The van der Waals surface area contributed by atoms with Gasteiger partial charge < -0.3 is 33.0 Å². The lowest BCUT2D eigenvalue weighted by Crippen LogP contribution is -2.23. The van der Waals surface area contributed by atoms with E-state index < -0.39 is 22.9 Å². The lowest BCUT2D eigenvalue weighted by Gasteiger charge is -2.39. The van der Waals surface area contributed by atoms with Gasteiger partial charge in [0.25, 0.3) is 0 Å². The van der Waals surface area contributed by atoms with Crippen LogP contribution in [0.3, 0.4) is 0 Å². The standard InChI is InChI=1S/C16H36P.H4O7P2/c1-5-9-13-17(14-10-6-2,15-11-7-3)16-12-8-4;1-8(2,3)7-9(4,5)6/h5-16H2,1-4H3;(H2,1,2,3)(H2,4,5,6)/q+1;/p-1. The van der Waals surface area contributed by atoms with Gasteiger partial charge in [-0.2, -0.15) is 0 Å². The molecule has 0 aromatic carbocycles. The number of hydrogen-bond acceptors (Lipinski definition) is 7. The second-order valence-corrected chi connectivity index (χ2v) is 13.5. The third-order valence-corrected chi connectivity index (χ3v) is 10.8. The predicted octanol–water partition coefficient (Wildman–Crippen LogP) is 3.20. The minimum atomic E-state index is -5.68. The lowest BCUT2D eigenvalue weighted by atomic mass is 10.4. The predicted molar refractivity (Wildman–Crippen MR) is 106 cm³/mol. The van der Waals surface area contributed by atoms with Gasteiger partial charge in [0.05, 0.1) is 40.3 Å². The van der Waals surface area contributed by atoms with E-state index in [2.05, 4.69) is 32.0 Å². The van der Waals surface area contributed by atoms with E-state index in [1.165, 1.54) is 51.4 Å². The van der Waals surface area contributed by atoms with Crippen LogP contribution in [0.4, 0.5) is 0 Å². The first-order chi connectivity index (χ1) is 11.9. The molecule has 0 aromatic rings. The summed E-state index contributed by atoms with van der Waals surface area (Å²) in [5.74, 6) is 0. The summed E-state index contributed by atoms with van der Waals surface area (Å²) in [5.41, 5.74) is 0. The van der Waals surface area contributed by atoms with E-state index in [-0.39, 0.29) is 4.28 Å². The third-order valence-electron chi connectivity index (χ3n) is 4.14. The molecule has 0 amide bonds. The number of rotatable bonds is 14. The highest BCUT2D eigenvalue weighted by atomic mass is 31.3. The normalized spacial score (nSPS) is 12.6. The van der Waals surface area contributed by atoms with Crippen LogP contribution in [-0.2, 0) is 13.4 Å². The summed E-state index contributed by atoms with van der Waals surface area (Å²) in [7, 11) is -11.9. The molecule has 0 spiro atoms. The maximum atomic E-state index is 9.32. The molecule has 0 saturated heterocycles. The van der Waals surface area contributed by atoms with Crippen LogP contribution in [0.15, 0.2) is 0 Å². The molecule has 0 fully saturated rings. The molecular weight excluding hydrogens is 397 g/mol. The molecule has 0 heterocycles. The van der Waals surface area contributed by atoms with Gasteiger partial charge >= 0.3 is 4.28 Å². The van der Waals surface area contributed by atoms with Crippen molar-refractivity contribution >= 4 is 22.9 Å². The summed E-state index contributed by atoms with van der Waals surface area (Å²) in [6, 6.07) is 0. The van der Waals surface area contributed by atoms with Crippen LogP contribution in [0.2, 0.25) is 0 Å². The fourth-order valence-electron chi connectivity index (χ4n) is 2.77. The van der Waals surface area contributed by atoms with Crippen LogP contribution in [0.1, 0.15) is 83.3 Å². The number of phosphoric acid groups is 2. The molecule has 160 valence electrons. The fourth-order valence-corrected chi connectivity index (χ4v) is 9.04. The number of hydrogen-bond donors (Lipinski definition) is 0. The zero-order valence-corrected chi connectivity index (χ0v) is 19.4. The summed E-state index contributed by atoms with van der Waals surface area (Å²) < 4.78 is 21.2. The van der Waals surface area contributed by atoms with Gasteiger partial charge in [0, 0.05) is 7.26 Å². The minimum absolute atomic E-state index is 0. The monoisotopic (exact) mass is 436 g/mol. The van der Waals surface area contributed by atoms with Crippen LogP contribution in [0.25, 0.3) is 0 Å². The Morgan fingerprint density at radius 3 is 1.00 bits per heavy atom. The molecule has 0 aliphatic carbocycles. The van der Waals surface area contributed by atoms with Crippen LogP contribution in [0.5, 0.6) is 0 Å². The van der Waals surface area contributed by atoms with Crippen LogP contribution < -0.4 is 19.6 Å². The summed E-state index contributed by atoms with van der Waals surface area (Å²) in [6.45, 7) is 9.42. The second-order valence-electron chi connectivity index (χ2n) is 6.63. The Hall–Kier alpha value is 0.690. The fraction of sp³-hybridized carbons (Fsp3) is 1.00. The molecule has 0 aromatic heterocycles. The SMILES string of the molecule is CCCC[P+](CCCC)(CCCC)CCCC.O=P([O-])([O-])OP(=O)([O-])[O-].[H+].[H+].[H+]. The van der Waals surface area contributed by atoms with E-state index in [0.29, 0.717) is 0 Å². The minimum Gasteiger partial charge on any atom is -0.790 e. The van der Waals surface area contributed by atoms with Crippen molar-refractivity contribution in [1.82, 2.24) is 0 Å². The Balaban J connectivity index is -0.000000139. The van der Waals surface area contributed by atoms with Gasteiger partial charge in [-0.15, -0.1) is 0 Å². The summed E-state index contributed by atoms with van der Waals surface area (Å²) in [6.07, 6.45) is 17.9. The molecule has 0 saturated carbocycles. The largest absolute Gasteiger partial charge is 1.00 e. The van der Waals surface area contributed by atoms with Gasteiger partial charge in [-0.05, 0) is 25.7 Å². The van der Waals surface area contributed by atoms with Gasteiger partial charge in [-0.25, -0.2) is 0 Å². The molecule has 0 aliphatic heterocycles. The average molecular weight is 436 g/mol. The van der Waals surface area contributed by atoms with E-state index in [9.17, 15) is 28.7 Å². The first-order valence-corrected chi connectivity index (χ1v) is 15.0. The van der Waals surface area contributed by atoms with Crippen molar-refractivity contribution < 1.29 is 37.3 Å². The molecule has 0 unspecified atom stereocenters. The zero-order chi connectivity index (χ0) is 20.7. The van der Waals surface area contributed by atoms with E-state index in [4.69, 9.17) is 0 Å². The molecule has 26 heavy (non-hydrogen) atoms. The maximum Gasteiger partial charge on any atom is 1.00 e. The Morgan fingerprint density at radius 2 is 0.885 bits per heavy atom. The van der Waals surface area contributed by atoms with Gasteiger partial charge in [0.15, 0.2) is 0 Å². The Bertz CT molecular complexity index is 376. The maximum absolute atomic E-state index is 9.32. The summed E-state index contributed by atoms with van der Waals surface area (Å²) >= 11 is 0. The highest BCUT2D eigenvalue weighted by Gasteiger charge is 2.34. The van der Waals surface area contributed by atoms with Crippen molar-refractivity contribution in [3.8, 4) is 0 Å². The van der Waals surface area contributed by atoms with Crippen molar-refractivity contribution in [1.29, 1.82) is 0 Å². The highest BCUT2D eigenvalue weighted by molar-refractivity contribution is 7.75. The Kier molecular flexibility index (Phi) is 17.3. The molecular formula is C16H39O7P3. The quantitative estimate of drug-likeness (QED) is 0.381. The average Bonchev–Trinajstić information content (AvgIpc) is 2.50. The van der Waals surface area contributed by atoms with Gasteiger partial charge in [0.1, 0.15) is 0 Å². The van der Waals surface area contributed by atoms with Crippen LogP contribution in [0, 0.1) is 0 Å². The second kappa shape index (κ2) is 15.6. The Labute approximate surface area is 164 Å². The van der Waals surface area contributed by atoms with Crippen molar-refractivity contribution in [2.24, 2.45) is 0 Å². The summed E-state index contributed by atoms with van der Waals surface area (Å²) in [5, 5.41) is 0. The molecule has 7 nitrogen and oxygen atoms in total. The molecule has 0 rings (SSSR count). The lowest BCUT2D eigenvalue weighted by molar-refractivity contribution is -0.364. The van der Waals surface area contributed by atoms with Crippen LogP contribution in [-0.4, -0.2) is 24.6 Å². The Morgan fingerprint density at radius 1 is 0.654 bits per heavy atom. The first kappa shape index (κ1) is 28.9. The van der Waals surface area contributed by atoms with E-state index >= 15 is 0 Å². The van der Waals surface area contributed by atoms with Crippen molar-refractivity contribution in [3.63, 3.8) is 0 Å². The molecule has 0 radical (unpaired) electrons. The topological polar surface area (TPSA) is 136 Å². The highest BCUT2D eigenvalue weighted by Crippen LogP contribution is 2.61.